The maximum atomic E-state index is 9.15. The summed E-state index contributed by atoms with van der Waals surface area (Å²) in [5.41, 5.74) is 3.23. The minimum atomic E-state index is -0.0407. The van der Waals surface area contributed by atoms with Crippen LogP contribution in [0.4, 0.5) is 5.69 Å². The Hall–Kier alpha value is -2.59. The summed E-state index contributed by atoms with van der Waals surface area (Å²) >= 11 is 13.0. The number of nitrogens with zero attached hydrogens (tertiary/aromatic N) is 5. The van der Waals surface area contributed by atoms with Gasteiger partial charge in [-0.2, -0.15) is 5.10 Å². The molecule has 0 amide bonds. The third kappa shape index (κ3) is 3.69. The predicted octanol–water partition coefficient (Wildman–Crippen LogP) is 2.71. The van der Waals surface area contributed by atoms with Gasteiger partial charge in [0, 0.05) is 47.7 Å². The van der Waals surface area contributed by atoms with Crippen LogP contribution in [0.3, 0.4) is 0 Å². The van der Waals surface area contributed by atoms with E-state index in [1.807, 2.05) is 10.8 Å². The maximum absolute atomic E-state index is 9.15. The van der Waals surface area contributed by atoms with E-state index in [0.29, 0.717) is 40.9 Å². The van der Waals surface area contributed by atoms with Crippen molar-refractivity contribution in [2.24, 2.45) is 0 Å². The number of hydrogen-bond acceptors (Lipinski definition) is 6. The van der Waals surface area contributed by atoms with Crippen molar-refractivity contribution in [1.29, 1.82) is 0 Å². The number of aliphatic hydroxyl groups is 2. The van der Waals surface area contributed by atoms with E-state index in [4.69, 9.17) is 33.4 Å². The van der Waals surface area contributed by atoms with Crippen molar-refractivity contribution in [3.8, 4) is 16.9 Å². The van der Waals surface area contributed by atoms with Crippen molar-refractivity contribution in [3.05, 3.63) is 40.9 Å². The van der Waals surface area contributed by atoms with Crippen LogP contribution < -0.4 is 5.32 Å². The first-order chi connectivity index (χ1) is 14.1. The van der Waals surface area contributed by atoms with Gasteiger partial charge in [0.15, 0.2) is 5.82 Å². The number of anilines is 1. The van der Waals surface area contributed by atoms with Crippen LogP contribution >= 0.6 is 23.2 Å². The number of hydrogen-bond donors (Lipinski definition) is 4. The second-order valence-corrected chi connectivity index (χ2v) is 7.20. The minimum absolute atomic E-state index is 0.0407. The quantitative estimate of drug-likeness (QED) is 0.316. The van der Waals surface area contributed by atoms with Crippen LogP contribution in [0.25, 0.3) is 27.8 Å². The Labute approximate surface area is 175 Å². The van der Waals surface area contributed by atoms with Crippen molar-refractivity contribution < 1.29 is 10.2 Å². The molecule has 11 heteroatoms. The molecule has 4 N–H and O–H groups in total. The molecular weight excluding hydrogens is 417 g/mol. The van der Waals surface area contributed by atoms with Gasteiger partial charge in [0.25, 0.3) is 0 Å². The van der Waals surface area contributed by atoms with Gasteiger partial charge in [0.2, 0.25) is 0 Å². The molecule has 0 fully saturated rings. The molecule has 0 aliphatic carbocycles. The highest BCUT2D eigenvalue weighted by Gasteiger charge is 2.21. The topological polar surface area (TPSA) is 117 Å². The van der Waals surface area contributed by atoms with Gasteiger partial charge in [-0.05, 0) is 12.5 Å². The Morgan fingerprint density at radius 1 is 1.17 bits per heavy atom. The lowest BCUT2D eigenvalue weighted by Crippen LogP contribution is -2.04. The Morgan fingerprint density at radius 3 is 2.76 bits per heavy atom. The van der Waals surface area contributed by atoms with Gasteiger partial charge in [-0.25, -0.2) is 4.68 Å². The monoisotopic (exact) mass is 435 g/mol. The van der Waals surface area contributed by atoms with Gasteiger partial charge in [-0.3, -0.25) is 9.67 Å². The fourth-order valence-electron chi connectivity index (χ4n) is 3.22. The number of H-pyrrole nitrogens is 1. The summed E-state index contributed by atoms with van der Waals surface area (Å²) in [7, 11) is 0. The van der Waals surface area contributed by atoms with Crippen molar-refractivity contribution in [2.75, 3.05) is 25.1 Å². The van der Waals surface area contributed by atoms with E-state index in [1.165, 1.54) is 0 Å². The zero-order valence-electron chi connectivity index (χ0n) is 15.3. The molecule has 0 atom stereocenters. The number of halogens is 2. The number of nitrogens with one attached hydrogen (secondary N) is 2. The Kier molecular flexibility index (Phi) is 5.72. The molecule has 0 radical (unpaired) electrons. The van der Waals surface area contributed by atoms with Crippen LogP contribution in [0.15, 0.2) is 30.9 Å². The van der Waals surface area contributed by atoms with Crippen LogP contribution in [-0.2, 0) is 6.54 Å². The van der Waals surface area contributed by atoms with Gasteiger partial charge >= 0.3 is 0 Å². The van der Waals surface area contributed by atoms with Gasteiger partial charge in [-0.1, -0.05) is 28.4 Å². The fraction of sp³-hybridized carbons (Fsp3) is 0.278. The van der Waals surface area contributed by atoms with Gasteiger partial charge in [-0.15, -0.1) is 5.10 Å². The van der Waals surface area contributed by atoms with E-state index in [9.17, 15) is 0 Å². The van der Waals surface area contributed by atoms with Crippen molar-refractivity contribution in [1.82, 2.24) is 29.8 Å². The molecule has 1 aromatic carbocycles. The Bertz CT molecular complexity index is 1120. The van der Waals surface area contributed by atoms with Crippen molar-refractivity contribution in [3.63, 3.8) is 0 Å². The summed E-state index contributed by atoms with van der Waals surface area (Å²) < 4.78 is 3.38. The van der Waals surface area contributed by atoms with Crippen LogP contribution in [-0.4, -0.2) is 59.7 Å². The van der Waals surface area contributed by atoms with E-state index in [1.54, 1.807) is 29.3 Å². The molecule has 0 aliphatic rings. The first kappa shape index (κ1) is 19.7. The molecule has 9 nitrogen and oxygen atoms in total. The second kappa shape index (κ2) is 8.42. The molecule has 0 bridgehead atoms. The molecule has 4 rings (SSSR count). The van der Waals surface area contributed by atoms with Gasteiger partial charge in [0.1, 0.15) is 0 Å². The number of aromatic nitrogens is 6. The lowest BCUT2D eigenvalue weighted by Gasteiger charge is -2.12. The highest BCUT2D eigenvalue weighted by Crippen LogP contribution is 2.43. The third-order valence-electron chi connectivity index (χ3n) is 4.53. The Morgan fingerprint density at radius 2 is 2.03 bits per heavy atom. The average molecular weight is 436 g/mol. The molecule has 0 saturated heterocycles. The summed E-state index contributed by atoms with van der Waals surface area (Å²) in [5, 5.41) is 38.4. The van der Waals surface area contributed by atoms with Crippen LogP contribution in [0.1, 0.15) is 6.42 Å². The Balaban J connectivity index is 1.96. The molecule has 0 saturated carbocycles. The molecule has 3 heterocycles. The molecule has 29 heavy (non-hydrogen) atoms. The predicted molar refractivity (Wildman–Crippen MR) is 112 cm³/mol. The van der Waals surface area contributed by atoms with Crippen LogP contribution in [0.5, 0.6) is 0 Å². The molecule has 0 spiro atoms. The number of aromatic amines is 1. The average Bonchev–Trinajstić information content (AvgIpc) is 3.44. The minimum Gasteiger partial charge on any atom is -0.396 e. The van der Waals surface area contributed by atoms with E-state index < -0.39 is 0 Å². The highest BCUT2D eigenvalue weighted by molar-refractivity contribution is 6.46. The summed E-state index contributed by atoms with van der Waals surface area (Å²) in [5.74, 6) is 0.545. The summed E-state index contributed by atoms with van der Waals surface area (Å²) in [6.45, 7) is 0.956. The van der Waals surface area contributed by atoms with E-state index >= 15 is 0 Å². The number of rotatable bonds is 8. The standard InChI is InChI=1S/C18H19Cl2N7O2/c19-13-6-14(21-2-1-4-28)16-12(11-7-22-23-8-11)9-27(18(16)17(13)20)15-10-26(3-5-29)25-24-15/h6-10,21,28-29H,1-5H2,(H,22,23). The molecule has 3 aromatic heterocycles. The second-order valence-electron chi connectivity index (χ2n) is 6.41. The molecule has 0 unspecified atom stereocenters. The molecule has 0 aliphatic heterocycles. The van der Waals surface area contributed by atoms with E-state index in [2.05, 4.69) is 25.8 Å². The highest BCUT2D eigenvalue weighted by atomic mass is 35.5. The number of fused-ring (bicyclic) bond motifs is 1. The lowest BCUT2D eigenvalue weighted by molar-refractivity contribution is 0.268. The van der Waals surface area contributed by atoms with Crippen LogP contribution in [0, 0.1) is 0 Å². The SMILES string of the molecule is OCCCNc1cc(Cl)c(Cl)c2c1c(-c1cn[nH]c1)cn2-c1cn(CCO)nn1. The third-order valence-corrected chi connectivity index (χ3v) is 5.30. The first-order valence-electron chi connectivity index (χ1n) is 9.02. The molecule has 4 aromatic rings. The van der Waals surface area contributed by atoms with Crippen molar-refractivity contribution >= 4 is 39.8 Å². The molecule has 152 valence electrons. The van der Waals surface area contributed by atoms with Gasteiger partial charge < -0.3 is 15.5 Å². The summed E-state index contributed by atoms with van der Waals surface area (Å²) in [6, 6.07) is 1.78. The maximum Gasteiger partial charge on any atom is 0.179 e. The molecular formula is C18H19Cl2N7O2. The summed E-state index contributed by atoms with van der Waals surface area (Å²) in [4.78, 5) is 0. The smallest absolute Gasteiger partial charge is 0.179 e. The normalized spacial score (nSPS) is 11.4. The van der Waals surface area contributed by atoms with Crippen molar-refractivity contribution in [2.45, 2.75) is 13.0 Å². The first-order valence-corrected chi connectivity index (χ1v) is 9.78. The van der Waals surface area contributed by atoms with Crippen LogP contribution in [0.2, 0.25) is 10.0 Å². The lowest BCUT2D eigenvalue weighted by atomic mass is 10.1. The zero-order chi connectivity index (χ0) is 20.4. The largest absolute Gasteiger partial charge is 0.396 e. The van der Waals surface area contributed by atoms with Gasteiger partial charge in [0.05, 0.1) is 41.1 Å². The summed E-state index contributed by atoms with van der Waals surface area (Å²) in [6.07, 6.45) is 7.75. The van der Waals surface area contributed by atoms with E-state index in [-0.39, 0.29) is 13.2 Å². The number of aliphatic hydroxyl groups excluding tert-OH is 2. The number of benzene rings is 1. The zero-order valence-corrected chi connectivity index (χ0v) is 16.8. The fourth-order valence-corrected chi connectivity index (χ4v) is 3.66. The van der Waals surface area contributed by atoms with E-state index in [0.717, 1.165) is 22.2 Å².